The van der Waals surface area contributed by atoms with Crippen molar-refractivity contribution in [3.8, 4) is 0 Å². The number of nitrogens with one attached hydrogen (secondary N) is 1. The first-order valence-electron chi connectivity index (χ1n) is 9.10. The molecule has 1 aliphatic rings. The van der Waals surface area contributed by atoms with E-state index >= 15 is 0 Å². The lowest BCUT2D eigenvalue weighted by Crippen LogP contribution is -2.29. The molecule has 0 aliphatic carbocycles. The van der Waals surface area contributed by atoms with Gasteiger partial charge in [-0.05, 0) is 29.7 Å². The number of rotatable bonds is 4. The van der Waals surface area contributed by atoms with Gasteiger partial charge in [-0.25, -0.2) is 4.39 Å². The number of allylic oxidation sites excluding steroid dienone is 1. The van der Waals surface area contributed by atoms with Crippen LogP contribution in [0.2, 0.25) is 0 Å². The third kappa shape index (κ3) is 4.51. The van der Waals surface area contributed by atoms with E-state index in [-0.39, 0.29) is 11.7 Å². The zero-order valence-electron chi connectivity index (χ0n) is 16.2. The third-order valence-corrected chi connectivity index (χ3v) is 4.32. The molecule has 2 aromatic rings. The molecule has 1 unspecified atom stereocenters. The van der Waals surface area contributed by atoms with E-state index in [1.165, 1.54) is 16.8 Å². The number of hydrogen-bond donors (Lipinski definition) is 1. The zero-order valence-corrected chi connectivity index (χ0v) is 16.2. The van der Waals surface area contributed by atoms with Crippen molar-refractivity contribution in [1.29, 1.82) is 0 Å². The Balaban J connectivity index is 1.89. The van der Waals surface area contributed by atoms with Gasteiger partial charge >= 0.3 is 0 Å². The van der Waals surface area contributed by atoms with Gasteiger partial charge in [0, 0.05) is 24.6 Å². The molecular weight excluding hydrogens is 343 g/mol. The highest BCUT2D eigenvalue weighted by molar-refractivity contribution is 6.08. The molecule has 5 nitrogen and oxygen atoms in total. The number of anilines is 1. The molecule has 27 heavy (non-hydrogen) atoms. The Morgan fingerprint density at radius 3 is 2.59 bits per heavy atom. The van der Waals surface area contributed by atoms with Crippen molar-refractivity contribution in [3.05, 3.63) is 59.6 Å². The first-order chi connectivity index (χ1) is 12.7. The van der Waals surface area contributed by atoms with Crippen LogP contribution >= 0.6 is 0 Å². The number of carbonyl (C=O) groups excluding carboxylic acids is 1. The van der Waals surface area contributed by atoms with Crippen LogP contribution in [0.1, 0.15) is 43.7 Å². The lowest BCUT2D eigenvalue weighted by atomic mass is 9.96. The molecule has 1 aromatic carbocycles. The molecule has 0 bridgehead atoms. The topological polar surface area (TPSA) is 59.3 Å². The summed E-state index contributed by atoms with van der Waals surface area (Å²) in [6, 6.07) is 8.10. The van der Waals surface area contributed by atoms with Gasteiger partial charge in [-0.1, -0.05) is 45.9 Å². The van der Waals surface area contributed by atoms with E-state index < -0.39 is 5.41 Å². The predicted octanol–water partition coefficient (Wildman–Crippen LogP) is 4.32. The molecule has 1 atom stereocenters. The molecule has 1 aliphatic heterocycles. The van der Waals surface area contributed by atoms with Gasteiger partial charge in [0.2, 0.25) is 0 Å². The average Bonchev–Trinajstić information content (AvgIpc) is 3.04. The summed E-state index contributed by atoms with van der Waals surface area (Å²) in [6.45, 7) is 8.86. The molecule has 1 aromatic heterocycles. The normalized spacial score (nSPS) is 16.9. The van der Waals surface area contributed by atoms with Crippen LogP contribution in [0.25, 0.3) is 0 Å². The Morgan fingerprint density at radius 2 is 2.00 bits per heavy atom. The Kier molecular flexibility index (Phi) is 5.26. The van der Waals surface area contributed by atoms with Gasteiger partial charge in [-0.2, -0.15) is 9.78 Å². The maximum atomic E-state index is 13.1. The minimum atomic E-state index is -0.575. The number of aliphatic imine (C=N–C) groups is 1. The van der Waals surface area contributed by atoms with E-state index in [9.17, 15) is 9.18 Å². The second-order valence-electron chi connectivity index (χ2n) is 7.92. The first kappa shape index (κ1) is 19.0. The fraction of sp³-hybridized carbons (Fsp3) is 0.381. The summed E-state index contributed by atoms with van der Waals surface area (Å²) in [4.78, 5) is 17.4. The monoisotopic (exact) mass is 368 g/mol. The summed E-state index contributed by atoms with van der Waals surface area (Å²) < 4.78 is 14.5. The van der Waals surface area contributed by atoms with E-state index in [2.05, 4.69) is 28.4 Å². The van der Waals surface area contributed by atoms with Crippen LogP contribution in [0.15, 0.2) is 47.5 Å². The highest BCUT2D eigenvalue weighted by Crippen LogP contribution is 2.22. The highest BCUT2D eigenvalue weighted by atomic mass is 19.1. The second-order valence-corrected chi connectivity index (χ2v) is 7.92. The van der Waals surface area contributed by atoms with Crippen LogP contribution in [-0.4, -0.2) is 27.9 Å². The summed E-state index contributed by atoms with van der Waals surface area (Å²) in [5.41, 5.74) is 1.78. The highest BCUT2D eigenvalue weighted by Gasteiger charge is 2.27. The summed E-state index contributed by atoms with van der Waals surface area (Å²) >= 11 is 0. The largest absolute Gasteiger partial charge is 0.366 e. The molecular formula is C21H25FN4O. The van der Waals surface area contributed by atoms with Crippen LogP contribution in [0.3, 0.4) is 0 Å². The van der Waals surface area contributed by atoms with E-state index in [0.717, 1.165) is 11.3 Å². The van der Waals surface area contributed by atoms with Gasteiger partial charge < -0.3 is 5.32 Å². The third-order valence-electron chi connectivity index (χ3n) is 4.32. The van der Waals surface area contributed by atoms with Gasteiger partial charge in [-0.15, -0.1) is 0 Å². The molecule has 142 valence electrons. The number of halogens is 1. The summed E-state index contributed by atoms with van der Waals surface area (Å²) in [7, 11) is 0. The van der Waals surface area contributed by atoms with Crippen LogP contribution in [0, 0.1) is 17.2 Å². The molecule has 3 rings (SSSR count). The number of benzene rings is 1. The maximum absolute atomic E-state index is 13.1. The van der Waals surface area contributed by atoms with Crippen LogP contribution in [0.5, 0.6) is 0 Å². The SMILES string of the molecule is CC1C=CC(c2cc(NCc3ccc(F)cc3)n(C(=O)C(C)(C)C)n2)=NC1. The lowest BCUT2D eigenvalue weighted by molar-refractivity contribution is 0.0752. The van der Waals surface area contributed by atoms with Gasteiger partial charge in [0.1, 0.15) is 17.3 Å². The van der Waals surface area contributed by atoms with E-state index in [0.29, 0.717) is 30.5 Å². The van der Waals surface area contributed by atoms with Crippen molar-refractivity contribution >= 4 is 17.4 Å². The molecule has 0 amide bonds. The van der Waals surface area contributed by atoms with Crippen molar-refractivity contribution < 1.29 is 9.18 Å². The van der Waals surface area contributed by atoms with Crippen molar-refractivity contribution in [2.45, 2.75) is 34.2 Å². The van der Waals surface area contributed by atoms with Gasteiger partial charge in [0.25, 0.3) is 5.91 Å². The molecule has 0 saturated heterocycles. The Hall–Kier alpha value is -2.76. The van der Waals surface area contributed by atoms with Crippen molar-refractivity contribution in [1.82, 2.24) is 9.78 Å². The zero-order chi connectivity index (χ0) is 19.6. The maximum Gasteiger partial charge on any atom is 0.254 e. The van der Waals surface area contributed by atoms with Crippen molar-refractivity contribution in [2.75, 3.05) is 11.9 Å². The van der Waals surface area contributed by atoms with Gasteiger partial charge in [0.15, 0.2) is 0 Å². The number of carbonyl (C=O) groups is 1. The fourth-order valence-corrected chi connectivity index (χ4v) is 2.68. The van der Waals surface area contributed by atoms with Gasteiger partial charge in [0.05, 0.1) is 5.71 Å². The minimum Gasteiger partial charge on any atom is -0.366 e. The number of hydrogen-bond acceptors (Lipinski definition) is 4. The Morgan fingerprint density at radius 1 is 1.30 bits per heavy atom. The predicted molar refractivity (Wildman–Crippen MR) is 106 cm³/mol. The Bertz CT molecular complexity index is 888. The summed E-state index contributed by atoms with van der Waals surface area (Å²) in [5, 5.41) is 7.76. The van der Waals surface area contributed by atoms with Crippen molar-refractivity contribution in [2.24, 2.45) is 16.3 Å². The Labute approximate surface area is 159 Å². The smallest absolute Gasteiger partial charge is 0.254 e. The summed E-state index contributed by atoms with van der Waals surface area (Å²) in [6.07, 6.45) is 4.05. The number of aromatic nitrogens is 2. The molecule has 2 heterocycles. The molecule has 6 heteroatoms. The molecule has 1 N–H and O–H groups in total. The van der Waals surface area contributed by atoms with Crippen LogP contribution < -0.4 is 5.32 Å². The van der Waals surface area contributed by atoms with Crippen LogP contribution in [0.4, 0.5) is 10.2 Å². The molecule has 0 radical (unpaired) electrons. The van der Waals surface area contributed by atoms with Crippen molar-refractivity contribution in [3.63, 3.8) is 0 Å². The minimum absolute atomic E-state index is 0.107. The molecule has 0 spiro atoms. The first-order valence-corrected chi connectivity index (χ1v) is 9.10. The van der Waals surface area contributed by atoms with E-state index in [4.69, 9.17) is 0 Å². The quantitative estimate of drug-likeness (QED) is 0.874. The van der Waals surface area contributed by atoms with Crippen LogP contribution in [-0.2, 0) is 6.54 Å². The van der Waals surface area contributed by atoms with E-state index in [1.807, 2.05) is 32.9 Å². The lowest BCUT2D eigenvalue weighted by Gasteiger charge is -2.18. The summed E-state index contributed by atoms with van der Waals surface area (Å²) in [5.74, 6) is 0.626. The second kappa shape index (κ2) is 7.47. The standard InChI is InChI=1S/C21H25FN4O/c1-14-5-10-17(23-12-14)18-11-19(26(25-18)20(27)21(2,3)4)24-13-15-6-8-16(22)9-7-15/h5-11,14,24H,12-13H2,1-4H3. The van der Waals surface area contributed by atoms with Gasteiger partial charge in [-0.3, -0.25) is 9.79 Å². The average molecular weight is 368 g/mol. The number of nitrogens with zero attached hydrogens (tertiary/aromatic N) is 3. The fourth-order valence-electron chi connectivity index (χ4n) is 2.68. The molecule has 0 fully saturated rings. The molecule has 0 saturated carbocycles. The van der Waals surface area contributed by atoms with E-state index in [1.54, 1.807) is 12.1 Å². The number of dihydropyridines is 1.